The Balaban J connectivity index is 1.53. The lowest BCUT2D eigenvalue weighted by atomic mass is 9.87. The summed E-state index contributed by atoms with van der Waals surface area (Å²) < 4.78 is 0. The number of aromatic nitrogens is 3. The zero-order chi connectivity index (χ0) is 21.9. The highest BCUT2D eigenvalue weighted by atomic mass is 16.1. The number of anilines is 2. The summed E-state index contributed by atoms with van der Waals surface area (Å²) in [5.74, 6) is 1.26. The number of hydrogen-bond acceptors (Lipinski definition) is 7. The Labute approximate surface area is 187 Å². The van der Waals surface area contributed by atoms with Gasteiger partial charge in [-0.25, -0.2) is 15.0 Å². The molecule has 32 heavy (non-hydrogen) atoms. The number of piperidine rings is 1. The Morgan fingerprint density at radius 3 is 2.69 bits per heavy atom. The molecule has 1 aromatic carbocycles. The molecule has 3 aromatic rings. The van der Waals surface area contributed by atoms with Crippen molar-refractivity contribution in [3.63, 3.8) is 0 Å². The Hall–Kier alpha value is -3.58. The standard InChI is InChI=1S/C25H26N6O/c1-16-10-20(2-3-21(16)17-4-7-26-8-5-17)30-25-24-18(6-9-29-23(24)14-32)11-22(31-25)19-12-27-15-28-13-19/h2-3,6,9-15,17,23,26,29H,4-5,7-8H2,1H3,(H,30,31). The zero-order valence-electron chi connectivity index (χ0n) is 18.0. The molecule has 1 atom stereocenters. The lowest BCUT2D eigenvalue weighted by Crippen LogP contribution is -2.26. The molecule has 1 fully saturated rings. The second-order valence-corrected chi connectivity index (χ2v) is 8.32. The summed E-state index contributed by atoms with van der Waals surface area (Å²) in [5, 5.41) is 10.0. The van der Waals surface area contributed by atoms with Crippen molar-refractivity contribution in [2.24, 2.45) is 0 Å². The minimum absolute atomic E-state index is 0.457. The molecule has 0 radical (unpaired) electrons. The van der Waals surface area contributed by atoms with E-state index >= 15 is 0 Å². The fraction of sp³-hybridized carbons (Fsp3) is 0.280. The molecule has 2 aliphatic heterocycles. The monoisotopic (exact) mass is 426 g/mol. The third-order valence-electron chi connectivity index (χ3n) is 6.24. The molecule has 7 nitrogen and oxygen atoms in total. The van der Waals surface area contributed by atoms with Gasteiger partial charge in [0.2, 0.25) is 0 Å². The van der Waals surface area contributed by atoms with Crippen LogP contribution in [0.2, 0.25) is 0 Å². The van der Waals surface area contributed by atoms with Crippen molar-refractivity contribution in [2.45, 2.75) is 31.7 Å². The summed E-state index contributed by atoms with van der Waals surface area (Å²) in [6, 6.07) is 8.02. The van der Waals surface area contributed by atoms with Crippen LogP contribution in [-0.4, -0.2) is 34.3 Å². The predicted octanol–water partition coefficient (Wildman–Crippen LogP) is 3.87. The quantitative estimate of drug-likeness (QED) is 0.534. The fourth-order valence-electron chi connectivity index (χ4n) is 4.63. The summed E-state index contributed by atoms with van der Waals surface area (Å²) in [6.45, 7) is 4.31. The first-order valence-electron chi connectivity index (χ1n) is 11.0. The molecule has 2 aromatic heterocycles. The molecule has 0 spiro atoms. The molecule has 1 unspecified atom stereocenters. The van der Waals surface area contributed by atoms with Crippen LogP contribution in [0.3, 0.4) is 0 Å². The number of aryl methyl sites for hydroxylation is 1. The van der Waals surface area contributed by atoms with Crippen LogP contribution in [0, 0.1) is 6.92 Å². The van der Waals surface area contributed by atoms with Crippen molar-refractivity contribution < 1.29 is 4.79 Å². The van der Waals surface area contributed by atoms with E-state index in [4.69, 9.17) is 4.98 Å². The Morgan fingerprint density at radius 2 is 1.94 bits per heavy atom. The Morgan fingerprint density at radius 1 is 1.12 bits per heavy atom. The van der Waals surface area contributed by atoms with Gasteiger partial charge < -0.3 is 20.7 Å². The number of carbonyl (C=O) groups excluding carboxylic acids is 1. The predicted molar refractivity (Wildman–Crippen MR) is 126 cm³/mol. The van der Waals surface area contributed by atoms with Gasteiger partial charge >= 0.3 is 0 Å². The van der Waals surface area contributed by atoms with Gasteiger partial charge in [0, 0.05) is 29.2 Å². The maximum atomic E-state index is 11.8. The van der Waals surface area contributed by atoms with Gasteiger partial charge in [-0.2, -0.15) is 0 Å². The minimum atomic E-state index is -0.457. The van der Waals surface area contributed by atoms with E-state index in [-0.39, 0.29) is 0 Å². The number of hydrogen-bond donors (Lipinski definition) is 3. The number of fused-ring (bicyclic) bond motifs is 1. The van der Waals surface area contributed by atoms with Gasteiger partial charge in [-0.15, -0.1) is 0 Å². The van der Waals surface area contributed by atoms with E-state index in [1.54, 1.807) is 18.6 Å². The lowest BCUT2D eigenvalue weighted by Gasteiger charge is -2.25. The second-order valence-electron chi connectivity index (χ2n) is 8.32. The highest BCUT2D eigenvalue weighted by Crippen LogP contribution is 2.35. The molecule has 3 N–H and O–H groups in total. The number of nitrogens with zero attached hydrogens (tertiary/aromatic N) is 3. The first-order chi connectivity index (χ1) is 15.7. The van der Waals surface area contributed by atoms with E-state index < -0.39 is 6.04 Å². The number of pyridine rings is 1. The lowest BCUT2D eigenvalue weighted by molar-refractivity contribution is -0.109. The average Bonchev–Trinajstić information content (AvgIpc) is 2.84. The van der Waals surface area contributed by atoms with Crippen LogP contribution in [0.25, 0.3) is 17.3 Å². The molecule has 0 aliphatic carbocycles. The van der Waals surface area contributed by atoms with E-state index in [1.807, 2.05) is 12.1 Å². The van der Waals surface area contributed by atoms with Gasteiger partial charge in [-0.1, -0.05) is 6.07 Å². The van der Waals surface area contributed by atoms with E-state index in [9.17, 15) is 4.79 Å². The maximum Gasteiger partial charge on any atom is 0.146 e. The van der Waals surface area contributed by atoms with Gasteiger partial charge in [-0.05, 0) is 85.9 Å². The minimum Gasteiger partial charge on any atom is -0.378 e. The Bertz CT molecular complexity index is 1150. The highest BCUT2D eigenvalue weighted by molar-refractivity contribution is 5.79. The van der Waals surface area contributed by atoms with Crippen LogP contribution in [0.1, 0.15) is 47.1 Å². The third-order valence-corrected chi connectivity index (χ3v) is 6.24. The van der Waals surface area contributed by atoms with Gasteiger partial charge in [0.1, 0.15) is 24.5 Å². The van der Waals surface area contributed by atoms with E-state index in [1.165, 1.54) is 30.3 Å². The summed E-state index contributed by atoms with van der Waals surface area (Å²) in [7, 11) is 0. The molecule has 1 saturated heterocycles. The van der Waals surface area contributed by atoms with E-state index in [0.717, 1.165) is 47.4 Å². The zero-order valence-corrected chi connectivity index (χ0v) is 18.0. The van der Waals surface area contributed by atoms with Crippen molar-refractivity contribution in [1.82, 2.24) is 25.6 Å². The van der Waals surface area contributed by atoms with Crippen LogP contribution < -0.4 is 16.0 Å². The third kappa shape index (κ3) is 3.99. The molecule has 2 aliphatic rings. The highest BCUT2D eigenvalue weighted by Gasteiger charge is 2.23. The summed E-state index contributed by atoms with van der Waals surface area (Å²) in [4.78, 5) is 24.9. The maximum absolute atomic E-state index is 11.8. The topological polar surface area (TPSA) is 91.8 Å². The molecule has 5 rings (SSSR count). The van der Waals surface area contributed by atoms with Crippen molar-refractivity contribution >= 4 is 23.9 Å². The molecule has 0 saturated carbocycles. The number of benzene rings is 1. The van der Waals surface area contributed by atoms with Gasteiger partial charge in [0.25, 0.3) is 0 Å². The Kier molecular flexibility index (Phi) is 5.64. The summed E-state index contributed by atoms with van der Waals surface area (Å²) in [5.41, 5.74) is 7.00. The molecule has 4 heterocycles. The van der Waals surface area contributed by atoms with Crippen LogP contribution in [-0.2, 0) is 4.79 Å². The summed E-state index contributed by atoms with van der Waals surface area (Å²) in [6.07, 6.45) is 12.0. The molecule has 0 bridgehead atoms. The fourth-order valence-corrected chi connectivity index (χ4v) is 4.63. The van der Waals surface area contributed by atoms with Gasteiger partial charge in [0.15, 0.2) is 0 Å². The number of aldehydes is 1. The molecule has 0 amide bonds. The van der Waals surface area contributed by atoms with Crippen molar-refractivity contribution in [2.75, 3.05) is 18.4 Å². The normalized spacial score (nSPS) is 18.0. The van der Waals surface area contributed by atoms with Gasteiger partial charge in [-0.3, -0.25) is 0 Å². The second kappa shape index (κ2) is 8.88. The number of rotatable bonds is 5. The first kappa shape index (κ1) is 20.3. The van der Waals surface area contributed by atoms with Crippen LogP contribution in [0.15, 0.2) is 49.2 Å². The molecular weight excluding hydrogens is 400 g/mol. The molecule has 7 heteroatoms. The largest absolute Gasteiger partial charge is 0.378 e. The van der Waals surface area contributed by atoms with Crippen LogP contribution >= 0.6 is 0 Å². The molecule has 162 valence electrons. The number of nitrogens with one attached hydrogen (secondary N) is 3. The van der Waals surface area contributed by atoms with Crippen molar-refractivity contribution in [3.8, 4) is 11.3 Å². The van der Waals surface area contributed by atoms with Gasteiger partial charge in [0.05, 0.1) is 5.69 Å². The summed E-state index contributed by atoms with van der Waals surface area (Å²) >= 11 is 0. The average molecular weight is 427 g/mol. The van der Waals surface area contributed by atoms with Crippen LogP contribution in [0.5, 0.6) is 0 Å². The van der Waals surface area contributed by atoms with Crippen LogP contribution in [0.4, 0.5) is 11.5 Å². The van der Waals surface area contributed by atoms with E-state index in [0.29, 0.717) is 11.7 Å². The molecular formula is C25H26N6O. The SMILES string of the molecule is Cc1cc(Nc2nc(-c3cncnc3)cc3c2C(C=O)NC=C3)ccc1C1CCNCC1. The number of carbonyl (C=O) groups is 1. The van der Waals surface area contributed by atoms with Crippen molar-refractivity contribution in [1.29, 1.82) is 0 Å². The first-order valence-corrected chi connectivity index (χ1v) is 11.0. The van der Waals surface area contributed by atoms with E-state index in [2.05, 4.69) is 51.0 Å². The van der Waals surface area contributed by atoms with Crippen molar-refractivity contribution in [3.05, 3.63) is 71.4 Å². The smallest absolute Gasteiger partial charge is 0.146 e.